The van der Waals surface area contributed by atoms with Crippen LogP contribution in [0.25, 0.3) is 0 Å². The third-order valence-electron chi connectivity index (χ3n) is 3.02. The van der Waals surface area contributed by atoms with Crippen LogP contribution >= 0.6 is 0 Å². The lowest BCUT2D eigenvalue weighted by atomic mass is 10.2. The minimum atomic E-state index is -0.482. The minimum Gasteiger partial charge on any atom is -0.399 e. The highest BCUT2D eigenvalue weighted by atomic mass is 19.1. The molecule has 0 atom stereocenters. The van der Waals surface area contributed by atoms with Crippen LogP contribution in [-0.2, 0) is 6.67 Å². The van der Waals surface area contributed by atoms with Crippen molar-refractivity contribution in [2.45, 2.75) is 6.67 Å². The van der Waals surface area contributed by atoms with E-state index in [2.05, 4.69) is 10.6 Å². The number of carbonyl (C=O) groups is 1. The van der Waals surface area contributed by atoms with Gasteiger partial charge in [0.1, 0.15) is 6.67 Å². The van der Waals surface area contributed by atoms with E-state index in [4.69, 9.17) is 5.73 Å². The highest BCUT2D eigenvalue weighted by Gasteiger charge is 2.03. The van der Waals surface area contributed by atoms with Crippen molar-refractivity contribution in [3.63, 3.8) is 0 Å². The molecular weight excluding hydrogens is 281 g/mol. The van der Waals surface area contributed by atoms with E-state index in [-0.39, 0.29) is 12.5 Å². The molecular formula is C17H18FN3O. The van der Waals surface area contributed by atoms with E-state index in [1.165, 1.54) is 0 Å². The molecule has 2 aromatic carbocycles. The molecule has 22 heavy (non-hydrogen) atoms. The average Bonchev–Trinajstić information content (AvgIpc) is 2.59. The first kappa shape index (κ1) is 15.6. The number of rotatable bonds is 6. The van der Waals surface area contributed by atoms with Crippen molar-refractivity contribution >= 4 is 11.6 Å². The molecule has 2 aromatic rings. The van der Waals surface area contributed by atoms with Gasteiger partial charge in [0, 0.05) is 23.1 Å². The Hall–Kier alpha value is -2.82. The van der Waals surface area contributed by atoms with Crippen LogP contribution in [0.1, 0.15) is 15.9 Å². The number of alkyl halides is 1. The first-order chi connectivity index (χ1) is 10.7. The number of halogens is 1. The van der Waals surface area contributed by atoms with Gasteiger partial charge in [-0.15, -0.1) is 0 Å². The van der Waals surface area contributed by atoms with Crippen LogP contribution in [0.15, 0.2) is 66.5 Å². The standard InChI is InChI=1S/C17H18FN3O/c18-10-13-6-8-16(9-7-13)20-11-15(19)12-21-17(22)14-4-2-1-3-5-14/h1-9,11,20H,10,12,19H2,(H,21,22)/b15-11-. The Morgan fingerprint density at radius 2 is 1.77 bits per heavy atom. The fourth-order valence-corrected chi connectivity index (χ4v) is 1.79. The quantitative estimate of drug-likeness (QED) is 0.768. The molecule has 0 fully saturated rings. The molecule has 4 nitrogen and oxygen atoms in total. The number of benzene rings is 2. The Kier molecular flexibility index (Phi) is 5.54. The van der Waals surface area contributed by atoms with E-state index in [0.717, 1.165) is 5.69 Å². The van der Waals surface area contributed by atoms with Crippen molar-refractivity contribution in [3.05, 3.63) is 77.6 Å². The maximum absolute atomic E-state index is 12.4. The summed E-state index contributed by atoms with van der Waals surface area (Å²) in [4.78, 5) is 11.8. The zero-order valence-electron chi connectivity index (χ0n) is 12.1. The van der Waals surface area contributed by atoms with Crippen molar-refractivity contribution in [2.24, 2.45) is 5.73 Å². The van der Waals surface area contributed by atoms with E-state index in [9.17, 15) is 9.18 Å². The summed E-state index contributed by atoms with van der Waals surface area (Å²) in [5.74, 6) is -0.177. The molecule has 0 aliphatic heterocycles. The number of hydrogen-bond acceptors (Lipinski definition) is 3. The normalized spacial score (nSPS) is 11.0. The summed E-state index contributed by atoms with van der Waals surface area (Å²) < 4.78 is 12.4. The molecule has 0 spiro atoms. The van der Waals surface area contributed by atoms with Crippen molar-refractivity contribution in [1.82, 2.24) is 5.32 Å². The summed E-state index contributed by atoms with van der Waals surface area (Å²) in [5, 5.41) is 5.73. The second-order valence-corrected chi connectivity index (χ2v) is 4.74. The Morgan fingerprint density at radius 3 is 2.41 bits per heavy atom. The summed E-state index contributed by atoms with van der Waals surface area (Å²) >= 11 is 0. The SMILES string of the molecule is N/C(=C\Nc1ccc(CF)cc1)CNC(=O)c1ccccc1. The van der Waals surface area contributed by atoms with Gasteiger partial charge in [0.25, 0.3) is 5.91 Å². The van der Waals surface area contributed by atoms with Gasteiger partial charge in [0.2, 0.25) is 0 Å². The van der Waals surface area contributed by atoms with Gasteiger partial charge in [0.15, 0.2) is 0 Å². The van der Waals surface area contributed by atoms with Crippen LogP contribution in [0.5, 0.6) is 0 Å². The first-order valence-electron chi connectivity index (χ1n) is 6.88. The van der Waals surface area contributed by atoms with Crippen molar-refractivity contribution in [3.8, 4) is 0 Å². The van der Waals surface area contributed by atoms with E-state index < -0.39 is 6.67 Å². The van der Waals surface area contributed by atoms with Crippen LogP contribution in [0.3, 0.4) is 0 Å². The number of hydrogen-bond donors (Lipinski definition) is 3. The summed E-state index contributed by atoms with van der Waals surface area (Å²) in [7, 11) is 0. The van der Waals surface area contributed by atoms with Crippen LogP contribution < -0.4 is 16.4 Å². The van der Waals surface area contributed by atoms with Gasteiger partial charge in [0.05, 0.1) is 6.54 Å². The molecule has 0 aliphatic rings. The molecule has 0 heterocycles. The number of anilines is 1. The molecule has 0 unspecified atom stereocenters. The van der Waals surface area contributed by atoms with Crippen molar-refractivity contribution < 1.29 is 9.18 Å². The van der Waals surface area contributed by atoms with Gasteiger partial charge in [-0.3, -0.25) is 4.79 Å². The van der Waals surface area contributed by atoms with E-state index >= 15 is 0 Å². The largest absolute Gasteiger partial charge is 0.399 e. The predicted octanol–water partition coefficient (Wildman–Crippen LogP) is 2.80. The Balaban J connectivity index is 1.83. The Labute approximate surface area is 128 Å². The third-order valence-corrected chi connectivity index (χ3v) is 3.02. The van der Waals surface area contributed by atoms with E-state index in [0.29, 0.717) is 16.8 Å². The first-order valence-corrected chi connectivity index (χ1v) is 6.88. The smallest absolute Gasteiger partial charge is 0.251 e. The maximum Gasteiger partial charge on any atom is 0.251 e. The summed E-state index contributed by atoms with van der Waals surface area (Å²) in [6.07, 6.45) is 1.61. The van der Waals surface area contributed by atoms with E-state index in [1.807, 2.05) is 6.07 Å². The molecule has 0 radical (unpaired) electrons. The van der Waals surface area contributed by atoms with Crippen LogP contribution in [0.4, 0.5) is 10.1 Å². The predicted molar refractivity (Wildman–Crippen MR) is 85.9 cm³/mol. The highest BCUT2D eigenvalue weighted by molar-refractivity contribution is 5.94. The summed E-state index contributed by atoms with van der Waals surface area (Å²) in [5.41, 5.74) is 8.32. The fourth-order valence-electron chi connectivity index (χ4n) is 1.79. The lowest BCUT2D eigenvalue weighted by molar-refractivity contribution is 0.0957. The molecule has 0 aromatic heterocycles. The zero-order valence-corrected chi connectivity index (χ0v) is 12.1. The lowest BCUT2D eigenvalue weighted by Gasteiger charge is -2.07. The molecule has 0 saturated carbocycles. The van der Waals surface area contributed by atoms with Crippen LogP contribution in [0, 0.1) is 0 Å². The molecule has 114 valence electrons. The van der Waals surface area contributed by atoms with Crippen molar-refractivity contribution in [2.75, 3.05) is 11.9 Å². The van der Waals surface area contributed by atoms with Gasteiger partial charge in [-0.05, 0) is 29.8 Å². The summed E-state index contributed by atoms with van der Waals surface area (Å²) in [6.45, 7) is -0.243. The number of amides is 1. The van der Waals surface area contributed by atoms with Gasteiger partial charge < -0.3 is 16.4 Å². The molecule has 4 N–H and O–H groups in total. The molecule has 5 heteroatoms. The van der Waals surface area contributed by atoms with Crippen LogP contribution in [0.2, 0.25) is 0 Å². The lowest BCUT2D eigenvalue weighted by Crippen LogP contribution is -2.28. The van der Waals surface area contributed by atoms with Crippen LogP contribution in [-0.4, -0.2) is 12.5 Å². The number of nitrogens with one attached hydrogen (secondary N) is 2. The molecule has 1 amide bonds. The molecule has 0 aliphatic carbocycles. The zero-order chi connectivity index (χ0) is 15.8. The number of nitrogens with two attached hydrogens (primary N) is 1. The molecule has 0 saturated heterocycles. The maximum atomic E-state index is 12.4. The highest BCUT2D eigenvalue weighted by Crippen LogP contribution is 2.10. The minimum absolute atomic E-state index is 0.177. The van der Waals surface area contributed by atoms with Gasteiger partial charge in [-0.2, -0.15) is 0 Å². The second kappa shape index (κ2) is 7.83. The van der Waals surface area contributed by atoms with Gasteiger partial charge >= 0.3 is 0 Å². The Bertz CT molecular complexity index is 639. The Morgan fingerprint density at radius 1 is 1.09 bits per heavy atom. The second-order valence-electron chi connectivity index (χ2n) is 4.74. The number of carbonyl (C=O) groups excluding carboxylic acids is 1. The molecule has 0 bridgehead atoms. The third kappa shape index (κ3) is 4.63. The summed E-state index contributed by atoms with van der Waals surface area (Å²) in [6, 6.07) is 15.9. The van der Waals surface area contributed by atoms with E-state index in [1.54, 1.807) is 54.7 Å². The fraction of sp³-hybridized carbons (Fsp3) is 0.118. The monoisotopic (exact) mass is 299 g/mol. The van der Waals surface area contributed by atoms with Gasteiger partial charge in [-0.25, -0.2) is 4.39 Å². The molecule has 2 rings (SSSR count). The van der Waals surface area contributed by atoms with Crippen molar-refractivity contribution in [1.29, 1.82) is 0 Å². The average molecular weight is 299 g/mol. The van der Waals surface area contributed by atoms with Gasteiger partial charge in [-0.1, -0.05) is 30.3 Å². The topological polar surface area (TPSA) is 67.2 Å².